The number of nitrogens with zero attached hydrogens (tertiary/aromatic N) is 1. The molecule has 1 aliphatic rings. The molecular weight excluding hydrogens is 224 g/mol. The van der Waals surface area contributed by atoms with Gasteiger partial charge in [-0.15, -0.1) is 0 Å². The molecule has 2 N–H and O–H groups in total. The van der Waals surface area contributed by atoms with E-state index < -0.39 is 0 Å². The lowest BCUT2D eigenvalue weighted by molar-refractivity contribution is 0.170. The van der Waals surface area contributed by atoms with Crippen LogP contribution in [0.3, 0.4) is 0 Å². The summed E-state index contributed by atoms with van der Waals surface area (Å²) in [6, 6.07) is 10.4. The molecule has 0 amide bonds. The summed E-state index contributed by atoms with van der Waals surface area (Å²) in [6.45, 7) is 1.04. The highest BCUT2D eigenvalue weighted by Crippen LogP contribution is 2.24. The highest BCUT2D eigenvalue weighted by atomic mass is 16.3. The topological polar surface area (TPSA) is 56.0 Å². The van der Waals surface area contributed by atoms with Crippen LogP contribution in [0.25, 0.3) is 0 Å². The van der Waals surface area contributed by atoms with Gasteiger partial charge in [0, 0.05) is 19.2 Å². The number of rotatable bonds is 4. The van der Waals surface area contributed by atoms with Crippen LogP contribution in [0.5, 0.6) is 0 Å². The van der Waals surface area contributed by atoms with Gasteiger partial charge in [0.25, 0.3) is 0 Å². The normalized spacial score (nSPS) is 23.6. The van der Waals surface area contributed by atoms with E-state index in [1.807, 2.05) is 24.3 Å². The van der Waals surface area contributed by atoms with E-state index in [-0.39, 0.29) is 0 Å². The Labute approximate surface area is 108 Å². The maximum atomic E-state index is 9.21. The van der Waals surface area contributed by atoms with Crippen LogP contribution in [-0.4, -0.2) is 17.8 Å². The van der Waals surface area contributed by atoms with E-state index in [0.717, 1.165) is 30.5 Å². The molecule has 18 heavy (non-hydrogen) atoms. The van der Waals surface area contributed by atoms with Crippen molar-refractivity contribution >= 4 is 0 Å². The minimum atomic E-state index is 0.299. The van der Waals surface area contributed by atoms with Gasteiger partial charge in [0.15, 0.2) is 0 Å². The summed E-state index contributed by atoms with van der Waals surface area (Å²) in [5, 5.41) is 21.7. The lowest BCUT2D eigenvalue weighted by Gasteiger charge is -2.28. The third kappa shape index (κ3) is 3.32. The summed E-state index contributed by atoms with van der Waals surface area (Å²) >= 11 is 0. The van der Waals surface area contributed by atoms with E-state index in [1.165, 1.54) is 12.8 Å². The fourth-order valence-corrected chi connectivity index (χ4v) is 2.68. The number of hydrogen-bond acceptors (Lipinski definition) is 3. The molecule has 1 aromatic carbocycles. The monoisotopic (exact) mass is 244 g/mol. The van der Waals surface area contributed by atoms with E-state index in [2.05, 4.69) is 11.4 Å². The lowest BCUT2D eigenvalue weighted by Crippen LogP contribution is -2.34. The molecule has 0 spiro atoms. The van der Waals surface area contributed by atoms with Gasteiger partial charge in [-0.05, 0) is 36.8 Å². The molecule has 0 aromatic heterocycles. The number of aliphatic hydroxyl groups is 1. The molecule has 3 nitrogen and oxygen atoms in total. The van der Waals surface area contributed by atoms with Gasteiger partial charge in [-0.2, -0.15) is 5.26 Å². The smallest absolute Gasteiger partial charge is 0.0995 e. The number of hydrogen-bond donors (Lipinski definition) is 2. The van der Waals surface area contributed by atoms with E-state index in [0.29, 0.717) is 18.6 Å². The Morgan fingerprint density at radius 3 is 2.94 bits per heavy atom. The van der Waals surface area contributed by atoms with Crippen molar-refractivity contribution in [3.8, 4) is 6.07 Å². The molecular formula is C15H20N2O. The van der Waals surface area contributed by atoms with E-state index in [4.69, 9.17) is 5.26 Å². The molecule has 0 bridgehead atoms. The average Bonchev–Trinajstić information content (AvgIpc) is 2.45. The van der Waals surface area contributed by atoms with Crippen LogP contribution in [0, 0.1) is 17.2 Å². The standard InChI is InChI=1S/C15H20N2O/c16-9-13-5-1-2-6-14(13)10-17-15-7-3-4-12(8-15)11-18/h1-2,5-6,12,15,17-18H,3-4,7-8,10-11H2. The summed E-state index contributed by atoms with van der Waals surface area (Å²) in [6.07, 6.45) is 4.54. The van der Waals surface area contributed by atoms with Crippen LogP contribution in [0.15, 0.2) is 24.3 Å². The Morgan fingerprint density at radius 1 is 1.33 bits per heavy atom. The highest BCUT2D eigenvalue weighted by molar-refractivity contribution is 5.37. The Balaban J connectivity index is 1.89. The molecule has 0 aliphatic heterocycles. The van der Waals surface area contributed by atoms with Crippen LogP contribution in [0.2, 0.25) is 0 Å². The van der Waals surface area contributed by atoms with E-state index in [9.17, 15) is 5.11 Å². The SMILES string of the molecule is N#Cc1ccccc1CNC1CCCC(CO)C1. The quantitative estimate of drug-likeness (QED) is 0.853. The second-order valence-corrected chi connectivity index (χ2v) is 5.06. The molecule has 0 heterocycles. The fourth-order valence-electron chi connectivity index (χ4n) is 2.68. The van der Waals surface area contributed by atoms with Crippen molar-refractivity contribution in [3.05, 3.63) is 35.4 Å². The van der Waals surface area contributed by atoms with Crippen molar-refractivity contribution in [3.63, 3.8) is 0 Å². The molecule has 2 atom stereocenters. The summed E-state index contributed by atoms with van der Waals surface area (Å²) in [5.41, 5.74) is 1.81. The first-order valence-electron chi connectivity index (χ1n) is 6.65. The van der Waals surface area contributed by atoms with Crippen LogP contribution >= 0.6 is 0 Å². The number of aliphatic hydroxyl groups excluding tert-OH is 1. The van der Waals surface area contributed by atoms with Gasteiger partial charge in [0.05, 0.1) is 11.6 Å². The third-order valence-corrected chi connectivity index (χ3v) is 3.76. The maximum absolute atomic E-state index is 9.21. The van der Waals surface area contributed by atoms with Gasteiger partial charge in [0.1, 0.15) is 0 Å². The van der Waals surface area contributed by atoms with E-state index in [1.54, 1.807) is 0 Å². The van der Waals surface area contributed by atoms with Crippen molar-refractivity contribution in [2.45, 2.75) is 38.3 Å². The molecule has 2 unspecified atom stereocenters. The molecule has 0 saturated heterocycles. The summed E-state index contributed by atoms with van der Waals surface area (Å²) in [7, 11) is 0. The number of nitrogens with one attached hydrogen (secondary N) is 1. The maximum Gasteiger partial charge on any atom is 0.0995 e. The van der Waals surface area contributed by atoms with Crippen LogP contribution < -0.4 is 5.32 Å². The number of nitriles is 1. The Bertz CT molecular complexity index is 425. The van der Waals surface area contributed by atoms with Crippen molar-refractivity contribution in [2.75, 3.05) is 6.61 Å². The van der Waals surface area contributed by atoms with Gasteiger partial charge < -0.3 is 10.4 Å². The molecule has 3 heteroatoms. The predicted molar refractivity (Wildman–Crippen MR) is 70.8 cm³/mol. The molecule has 1 aromatic rings. The van der Waals surface area contributed by atoms with Crippen molar-refractivity contribution in [1.82, 2.24) is 5.32 Å². The van der Waals surface area contributed by atoms with Crippen LogP contribution in [0.1, 0.15) is 36.8 Å². The predicted octanol–water partition coefficient (Wildman–Crippen LogP) is 2.20. The largest absolute Gasteiger partial charge is 0.396 e. The summed E-state index contributed by atoms with van der Waals surface area (Å²) in [4.78, 5) is 0. The van der Waals surface area contributed by atoms with Gasteiger partial charge in [0.2, 0.25) is 0 Å². The zero-order valence-corrected chi connectivity index (χ0v) is 10.6. The highest BCUT2D eigenvalue weighted by Gasteiger charge is 2.20. The van der Waals surface area contributed by atoms with Gasteiger partial charge in [-0.25, -0.2) is 0 Å². The molecule has 1 fully saturated rings. The first-order chi connectivity index (χ1) is 8.83. The first-order valence-corrected chi connectivity index (χ1v) is 6.65. The minimum absolute atomic E-state index is 0.299. The van der Waals surface area contributed by atoms with Gasteiger partial charge >= 0.3 is 0 Å². The average molecular weight is 244 g/mol. The minimum Gasteiger partial charge on any atom is -0.396 e. The Hall–Kier alpha value is -1.37. The molecule has 96 valence electrons. The second-order valence-electron chi connectivity index (χ2n) is 5.06. The lowest BCUT2D eigenvalue weighted by atomic mass is 9.86. The third-order valence-electron chi connectivity index (χ3n) is 3.76. The summed E-state index contributed by atoms with van der Waals surface area (Å²) < 4.78 is 0. The molecule has 1 aliphatic carbocycles. The van der Waals surface area contributed by atoms with E-state index >= 15 is 0 Å². The molecule has 0 radical (unpaired) electrons. The molecule has 1 saturated carbocycles. The van der Waals surface area contributed by atoms with Crippen molar-refractivity contribution in [1.29, 1.82) is 5.26 Å². The second kappa shape index (κ2) is 6.53. The summed E-state index contributed by atoms with van der Waals surface area (Å²) in [5.74, 6) is 0.447. The molecule has 2 rings (SSSR count). The fraction of sp³-hybridized carbons (Fsp3) is 0.533. The zero-order valence-electron chi connectivity index (χ0n) is 10.6. The van der Waals surface area contributed by atoms with Crippen LogP contribution in [0.4, 0.5) is 0 Å². The van der Waals surface area contributed by atoms with Crippen molar-refractivity contribution in [2.24, 2.45) is 5.92 Å². The zero-order chi connectivity index (χ0) is 12.8. The van der Waals surface area contributed by atoms with Gasteiger partial charge in [-0.3, -0.25) is 0 Å². The van der Waals surface area contributed by atoms with Crippen LogP contribution in [-0.2, 0) is 6.54 Å². The number of benzene rings is 1. The first kappa shape index (κ1) is 13.1. The van der Waals surface area contributed by atoms with Crippen molar-refractivity contribution < 1.29 is 5.11 Å². The Kier molecular flexibility index (Phi) is 4.74. The Morgan fingerprint density at radius 2 is 2.17 bits per heavy atom. The van der Waals surface area contributed by atoms with Gasteiger partial charge in [-0.1, -0.05) is 24.6 Å².